The summed E-state index contributed by atoms with van der Waals surface area (Å²) in [6.07, 6.45) is 5.37. The maximum absolute atomic E-state index is 5.62. The molecule has 0 saturated carbocycles. The summed E-state index contributed by atoms with van der Waals surface area (Å²) in [7, 11) is 0. The largest absolute Gasteiger partial charge is 0.377 e. The van der Waals surface area contributed by atoms with Gasteiger partial charge in [-0.2, -0.15) is 11.8 Å². The van der Waals surface area contributed by atoms with Crippen molar-refractivity contribution in [3.63, 3.8) is 0 Å². The fourth-order valence-corrected chi connectivity index (χ4v) is 3.33. The van der Waals surface area contributed by atoms with Crippen molar-refractivity contribution in [3.8, 4) is 0 Å². The van der Waals surface area contributed by atoms with E-state index in [1.54, 1.807) is 0 Å². The second-order valence-electron chi connectivity index (χ2n) is 4.55. The Labute approximate surface area is 103 Å². The maximum Gasteiger partial charge on any atom is 0.0809 e. The average molecular weight is 245 g/mol. The Hall–Kier alpha value is 0.230. The van der Waals surface area contributed by atoms with E-state index < -0.39 is 0 Å². The van der Waals surface area contributed by atoms with Crippen LogP contribution in [0.4, 0.5) is 0 Å². The van der Waals surface area contributed by atoms with Crippen LogP contribution in [-0.4, -0.2) is 50.0 Å². The SMILES string of the molecule is C1COC(COCCNC2CCSCC2)C1. The molecule has 0 spiro atoms. The van der Waals surface area contributed by atoms with Crippen LogP contribution in [0.3, 0.4) is 0 Å². The number of hydrogen-bond acceptors (Lipinski definition) is 4. The van der Waals surface area contributed by atoms with Gasteiger partial charge >= 0.3 is 0 Å². The molecule has 0 aromatic rings. The summed E-state index contributed by atoms with van der Waals surface area (Å²) >= 11 is 2.07. The van der Waals surface area contributed by atoms with Crippen LogP contribution >= 0.6 is 11.8 Å². The minimum absolute atomic E-state index is 0.367. The summed E-state index contributed by atoms with van der Waals surface area (Å²) in [4.78, 5) is 0. The molecular weight excluding hydrogens is 222 g/mol. The summed E-state index contributed by atoms with van der Waals surface area (Å²) in [6.45, 7) is 3.51. The van der Waals surface area contributed by atoms with Crippen LogP contribution < -0.4 is 5.32 Å². The van der Waals surface area contributed by atoms with Gasteiger partial charge in [0.25, 0.3) is 0 Å². The zero-order valence-corrected chi connectivity index (χ0v) is 10.8. The molecule has 1 atom stereocenters. The van der Waals surface area contributed by atoms with E-state index in [1.807, 2.05) is 0 Å². The zero-order valence-electron chi connectivity index (χ0n) is 9.95. The number of nitrogens with one attached hydrogen (secondary N) is 1. The van der Waals surface area contributed by atoms with Gasteiger partial charge < -0.3 is 14.8 Å². The van der Waals surface area contributed by atoms with E-state index in [0.29, 0.717) is 6.10 Å². The van der Waals surface area contributed by atoms with E-state index in [0.717, 1.165) is 32.4 Å². The van der Waals surface area contributed by atoms with Crippen molar-refractivity contribution in [2.75, 3.05) is 37.9 Å². The molecule has 0 radical (unpaired) electrons. The van der Waals surface area contributed by atoms with Crippen LogP contribution in [0.2, 0.25) is 0 Å². The van der Waals surface area contributed by atoms with Crippen molar-refractivity contribution in [1.29, 1.82) is 0 Å². The fraction of sp³-hybridized carbons (Fsp3) is 1.00. The first-order valence-corrected chi connectivity index (χ1v) is 7.61. The first-order chi connectivity index (χ1) is 7.95. The summed E-state index contributed by atoms with van der Waals surface area (Å²) in [5.74, 6) is 2.63. The lowest BCUT2D eigenvalue weighted by atomic mass is 10.1. The van der Waals surface area contributed by atoms with Crippen molar-refractivity contribution in [3.05, 3.63) is 0 Å². The molecule has 1 unspecified atom stereocenters. The molecule has 0 aromatic heterocycles. The molecule has 0 aliphatic carbocycles. The van der Waals surface area contributed by atoms with Crippen molar-refractivity contribution >= 4 is 11.8 Å². The first kappa shape index (κ1) is 12.7. The lowest BCUT2D eigenvalue weighted by Crippen LogP contribution is -2.35. The van der Waals surface area contributed by atoms with E-state index >= 15 is 0 Å². The molecule has 2 aliphatic heterocycles. The Morgan fingerprint density at radius 2 is 2.12 bits per heavy atom. The van der Waals surface area contributed by atoms with Gasteiger partial charge in [0, 0.05) is 19.2 Å². The van der Waals surface area contributed by atoms with E-state index in [4.69, 9.17) is 9.47 Å². The molecule has 1 N–H and O–H groups in total. The van der Waals surface area contributed by atoms with Gasteiger partial charge in [-0.1, -0.05) is 0 Å². The molecule has 2 fully saturated rings. The Morgan fingerprint density at radius 3 is 2.88 bits per heavy atom. The summed E-state index contributed by atoms with van der Waals surface area (Å²) in [5, 5.41) is 3.57. The predicted octanol–water partition coefficient (Wildman–Crippen LogP) is 1.67. The van der Waals surface area contributed by atoms with Gasteiger partial charge in [-0.3, -0.25) is 0 Å². The first-order valence-electron chi connectivity index (χ1n) is 6.45. The van der Waals surface area contributed by atoms with Crippen molar-refractivity contribution in [1.82, 2.24) is 5.32 Å². The molecule has 2 heterocycles. The van der Waals surface area contributed by atoms with Crippen molar-refractivity contribution in [2.24, 2.45) is 0 Å². The van der Waals surface area contributed by atoms with Crippen LogP contribution in [0.1, 0.15) is 25.7 Å². The van der Waals surface area contributed by atoms with Gasteiger partial charge in [-0.15, -0.1) is 0 Å². The average Bonchev–Trinajstić information content (AvgIpc) is 2.83. The third-order valence-electron chi connectivity index (χ3n) is 3.23. The number of hydrogen-bond donors (Lipinski definition) is 1. The third kappa shape index (κ3) is 4.62. The third-order valence-corrected chi connectivity index (χ3v) is 4.28. The minimum atomic E-state index is 0.367. The normalized spacial score (nSPS) is 27.4. The van der Waals surface area contributed by atoms with E-state index in [1.165, 1.54) is 37.2 Å². The highest BCUT2D eigenvalue weighted by molar-refractivity contribution is 7.99. The molecule has 16 heavy (non-hydrogen) atoms. The van der Waals surface area contributed by atoms with E-state index in [2.05, 4.69) is 17.1 Å². The molecule has 2 saturated heterocycles. The monoisotopic (exact) mass is 245 g/mol. The lowest BCUT2D eigenvalue weighted by Gasteiger charge is -2.22. The van der Waals surface area contributed by atoms with Crippen molar-refractivity contribution in [2.45, 2.75) is 37.8 Å². The molecule has 0 bridgehead atoms. The molecule has 4 heteroatoms. The molecule has 94 valence electrons. The number of rotatable bonds is 6. The second kappa shape index (κ2) is 7.54. The molecular formula is C12H23NO2S. The highest BCUT2D eigenvalue weighted by Gasteiger charge is 2.15. The molecule has 3 nitrogen and oxygen atoms in total. The van der Waals surface area contributed by atoms with Gasteiger partial charge in [0.1, 0.15) is 0 Å². The van der Waals surface area contributed by atoms with Crippen LogP contribution in [0.5, 0.6) is 0 Å². The molecule has 0 amide bonds. The van der Waals surface area contributed by atoms with Crippen LogP contribution in [0, 0.1) is 0 Å². The lowest BCUT2D eigenvalue weighted by molar-refractivity contribution is 0.0178. The van der Waals surface area contributed by atoms with Crippen LogP contribution in [0.25, 0.3) is 0 Å². The Bertz CT molecular complexity index is 180. The molecule has 2 aliphatic rings. The van der Waals surface area contributed by atoms with Gasteiger partial charge in [0.15, 0.2) is 0 Å². The fourth-order valence-electron chi connectivity index (χ4n) is 2.23. The number of thioether (sulfide) groups is 1. The van der Waals surface area contributed by atoms with Crippen LogP contribution in [-0.2, 0) is 9.47 Å². The minimum Gasteiger partial charge on any atom is -0.377 e. The standard InChI is InChI=1S/C12H23NO2S/c1-2-12(15-6-1)10-14-7-5-13-11-3-8-16-9-4-11/h11-13H,1-10H2. The smallest absolute Gasteiger partial charge is 0.0809 e. The summed E-state index contributed by atoms with van der Waals surface area (Å²) in [6, 6.07) is 0.729. The zero-order chi connectivity index (χ0) is 11.1. The predicted molar refractivity (Wildman–Crippen MR) is 68.1 cm³/mol. The van der Waals surface area contributed by atoms with Gasteiger partial charge in [-0.25, -0.2) is 0 Å². The summed E-state index contributed by atoms with van der Waals surface area (Å²) in [5.41, 5.74) is 0. The second-order valence-corrected chi connectivity index (χ2v) is 5.78. The maximum atomic E-state index is 5.62. The highest BCUT2D eigenvalue weighted by atomic mass is 32.2. The van der Waals surface area contributed by atoms with Crippen LogP contribution in [0.15, 0.2) is 0 Å². The summed E-state index contributed by atoms with van der Waals surface area (Å²) < 4.78 is 11.1. The Kier molecular flexibility index (Phi) is 5.97. The van der Waals surface area contributed by atoms with Gasteiger partial charge in [0.2, 0.25) is 0 Å². The Morgan fingerprint density at radius 1 is 1.25 bits per heavy atom. The quantitative estimate of drug-likeness (QED) is 0.721. The van der Waals surface area contributed by atoms with E-state index in [-0.39, 0.29) is 0 Å². The molecule has 2 rings (SSSR count). The van der Waals surface area contributed by atoms with E-state index in [9.17, 15) is 0 Å². The molecule has 0 aromatic carbocycles. The topological polar surface area (TPSA) is 30.5 Å². The highest BCUT2D eigenvalue weighted by Crippen LogP contribution is 2.16. The van der Waals surface area contributed by atoms with Gasteiger partial charge in [0.05, 0.1) is 19.3 Å². The van der Waals surface area contributed by atoms with Gasteiger partial charge in [-0.05, 0) is 37.2 Å². The van der Waals surface area contributed by atoms with Crippen molar-refractivity contribution < 1.29 is 9.47 Å². The number of ether oxygens (including phenoxy) is 2. The Balaban J connectivity index is 1.42.